The molecule has 0 saturated carbocycles. The van der Waals surface area contributed by atoms with Crippen molar-refractivity contribution in [2.75, 3.05) is 41.3 Å². The van der Waals surface area contributed by atoms with Crippen molar-refractivity contribution in [3.05, 3.63) is 48.0 Å². The zero-order valence-corrected chi connectivity index (χ0v) is 21.8. The molecule has 0 aromatic heterocycles. The first-order chi connectivity index (χ1) is 16.3. The maximum atomic E-state index is 13.8. The molecule has 0 spiro atoms. The Morgan fingerprint density at radius 1 is 1.12 bits per heavy atom. The molecule has 0 bridgehead atoms. The molecule has 1 fully saturated rings. The Morgan fingerprint density at radius 3 is 2.47 bits per heavy atom. The Labute approximate surface area is 207 Å². The van der Waals surface area contributed by atoms with Crippen LogP contribution in [0.5, 0.6) is 0 Å². The highest BCUT2D eigenvalue weighted by Crippen LogP contribution is 2.39. The van der Waals surface area contributed by atoms with E-state index >= 15 is 0 Å². The monoisotopic (exact) mass is 502 g/mol. The Balaban J connectivity index is 1.65. The Hall–Kier alpha value is -2.03. The van der Waals surface area contributed by atoms with Gasteiger partial charge in [-0.2, -0.15) is 0 Å². The molecular weight excluding hydrogens is 468 g/mol. The number of sulfonamides is 1. The van der Waals surface area contributed by atoms with Crippen molar-refractivity contribution in [1.82, 2.24) is 0 Å². The molecule has 2 aromatic rings. The fourth-order valence-corrected chi connectivity index (χ4v) is 7.13. The number of ether oxygens (including phenoxy) is 1. The van der Waals surface area contributed by atoms with Crippen molar-refractivity contribution < 1.29 is 17.9 Å². The van der Waals surface area contributed by atoms with Crippen LogP contribution < -0.4 is 9.21 Å². The summed E-state index contributed by atoms with van der Waals surface area (Å²) in [5.74, 6) is 0.982. The lowest BCUT2D eigenvalue weighted by atomic mass is 9.99. The zero-order valence-electron chi connectivity index (χ0n) is 20.2. The first-order valence-electron chi connectivity index (χ1n) is 12.1. The summed E-state index contributed by atoms with van der Waals surface area (Å²) in [5, 5.41) is 0. The first kappa shape index (κ1) is 25.1. The molecule has 0 atom stereocenters. The average Bonchev–Trinajstić information content (AvgIpc) is 2.84. The molecule has 2 aliphatic heterocycles. The number of anilines is 2. The number of nitrogens with zero attached hydrogens (tertiary/aromatic N) is 2. The lowest BCUT2D eigenvalue weighted by Gasteiger charge is -2.34. The predicted molar refractivity (Wildman–Crippen MR) is 138 cm³/mol. The van der Waals surface area contributed by atoms with Crippen molar-refractivity contribution >= 4 is 39.1 Å². The van der Waals surface area contributed by atoms with Gasteiger partial charge in [-0.15, -0.1) is 11.8 Å². The molecule has 4 rings (SSSR count). The smallest absolute Gasteiger partial charge is 0.264 e. The third-order valence-corrected chi connectivity index (χ3v) is 9.23. The van der Waals surface area contributed by atoms with Crippen molar-refractivity contribution in [3.8, 4) is 0 Å². The SMILES string of the molecule is CCc1ccc(N(CC(C)C)S(=O)(=O)c2ccc3c(c2)SCC(=O)N3CC2CCOCC2)cc1. The van der Waals surface area contributed by atoms with E-state index in [-0.39, 0.29) is 16.7 Å². The first-order valence-corrected chi connectivity index (χ1v) is 14.5. The maximum absolute atomic E-state index is 13.8. The quantitative estimate of drug-likeness (QED) is 0.510. The molecule has 8 heteroatoms. The number of hydrogen-bond acceptors (Lipinski definition) is 5. The minimum absolute atomic E-state index is 0.0806. The van der Waals surface area contributed by atoms with Crippen LogP contribution in [0.3, 0.4) is 0 Å². The van der Waals surface area contributed by atoms with Crippen molar-refractivity contribution in [2.45, 2.75) is 49.8 Å². The summed E-state index contributed by atoms with van der Waals surface area (Å²) in [6.07, 6.45) is 2.79. The Morgan fingerprint density at radius 2 is 1.82 bits per heavy atom. The molecule has 0 aliphatic carbocycles. The van der Waals surface area contributed by atoms with Gasteiger partial charge >= 0.3 is 0 Å². The number of benzene rings is 2. The largest absolute Gasteiger partial charge is 0.381 e. The Bertz CT molecular complexity index is 1110. The minimum atomic E-state index is -3.76. The standard InChI is InChI=1S/C26H34N2O4S2/c1-4-20-5-7-22(8-6-20)28(16-19(2)3)34(30,31)23-9-10-24-25(15-23)33-18-26(29)27(24)17-21-11-13-32-14-12-21/h5-10,15,19,21H,4,11-14,16-18H2,1-3H3. The highest BCUT2D eigenvalue weighted by Gasteiger charge is 2.31. The molecule has 1 amide bonds. The number of hydrogen-bond donors (Lipinski definition) is 0. The van der Waals surface area contributed by atoms with Crippen LogP contribution in [0.4, 0.5) is 11.4 Å². The minimum Gasteiger partial charge on any atom is -0.381 e. The fourth-order valence-electron chi connectivity index (χ4n) is 4.43. The van der Waals surface area contributed by atoms with E-state index in [9.17, 15) is 13.2 Å². The van der Waals surface area contributed by atoms with Gasteiger partial charge in [0.2, 0.25) is 5.91 Å². The number of carbonyl (C=O) groups is 1. The third kappa shape index (κ3) is 5.44. The van der Waals surface area contributed by atoms with Crippen molar-refractivity contribution in [2.24, 2.45) is 11.8 Å². The van der Waals surface area contributed by atoms with Gasteiger partial charge < -0.3 is 9.64 Å². The van der Waals surface area contributed by atoms with Gasteiger partial charge in [0.05, 0.1) is 22.0 Å². The summed E-state index contributed by atoms with van der Waals surface area (Å²) in [5.41, 5.74) is 2.66. The van der Waals surface area contributed by atoms with E-state index in [1.54, 1.807) is 18.2 Å². The average molecular weight is 503 g/mol. The fraction of sp³-hybridized carbons (Fsp3) is 0.500. The predicted octanol–water partition coefficient (Wildman–Crippen LogP) is 4.97. The lowest BCUT2D eigenvalue weighted by Crippen LogP contribution is -2.40. The van der Waals surface area contributed by atoms with Gasteiger partial charge in [0.1, 0.15) is 0 Å². The van der Waals surface area contributed by atoms with Gasteiger partial charge in [0, 0.05) is 31.2 Å². The van der Waals surface area contributed by atoms with Gasteiger partial charge in [-0.05, 0) is 67.0 Å². The molecular formula is C26H34N2O4S2. The van der Waals surface area contributed by atoms with Crippen LogP contribution >= 0.6 is 11.8 Å². The van der Waals surface area contributed by atoms with Gasteiger partial charge in [0.25, 0.3) is 10.0 Å². The summed E-state index contributed by atoms with van der Waals surface area (Å²) in [4.78, 5) is 15.7. The summed E-state index contributed by atoms with van der Waals surface area (Å²) < 4.78 is 34.6. The molecule has 34 heavy (non-hydrogen) atoms. The topological polar surface area (TPSA) is 66.9 Å². The summed E-state index contributed by atoms with van der Waals surface area (Å²) in [6, 6.07) is 13.0. The lowest BCUT2D eigenvalue weighted by molar-refractivity contribution is -0.116. The second-order valence-corrected chi connectivity index (χ2v) is 12.3. The van der Waals surface area contributed by atoms with Crippen LogP contribution in [0, 0.1) is 11.8 Å². The molecule has 2 heterocycles. The van der Waals surface area contributed by atoms with E-state index in [2.05, 4.69) is 6.92 Å². The molecule has 0 radical (unpaired) electrons. The van der Waals surface area contributed by atoms with Crippen LogP contribution in [-0.2, 0) is 26.0 Å². The van der Waals surface area contributed by atoms with E-state index in [1.165, 1.54) is 21.6 Å². The number of rotatable bonds is 8. The maximum Gasteiger partial charge on any atom is 0.264 e. The van der Waals surface area contributed by atoms with Crippen LogP contribution in [0.15, 0.2) is 52.3 Å². The zero-order chi connectivity index (χ0) is 24.3. The van der Waals surface area contributed by atoms with E-state index in [1.807, 2.05) is 43.0 Å². The summed E-state index contributed by atoms with van der Waals surface area (Å²) in [6.45, 7) is 8.64. The van der Waals surface area contributed by atoms with Crippen LogP contribution in [-0.4, -0.2) is 46.4 Å². The summed E-state index contributed by atoms with van der Waals surface area (Å²) >= 11 is 1.42. The van der Waals surface area contributed by atoms with E-state index in [4.69, 9.17) is 4.74 Å². The van der Waals surface area contributed by atoms with Crippen LogP contribution in [0.1, 0.15) is 39.2 Å². The molecule has 1 saturated heterocycles. The van der Waals surface area contributed by atoms with Gasteiger partial charge in [-0.1, -0.05) is 32.9 Å². The number of thioether (sulfide) groups is 1. The second kappa shape index (κ2) is 10.7. The van der Waals surface area contributed by atoms with Gasteiger partial charge in [0.15, 0.2) is 0 Å². The van der Waals surface area contributed by atoms with Gasteiger partial charge in [-0.3, -0.25) is 9.10 Å². The van der Waals surface area contributed by atoms with Crippen molar-refractivity contribution in [1.29, 1.82) is 0 Å². The van der Waals surface area contributed by atoms with Crippen molar-refractivity contribution in [3.63, 3.8) is 0 Å². The molecule has 0 N–H and O–H groups in total. The molecule has 6 nitrogen and oxygen atoms in total. The van der Waals surface area contributed by atoms with Crippen LogP contribution in [0.25, 0.3) is 0 Å². The van der Waals surface area contributed by atoms with Gasteiger partial charge in [-0.25, -0.2) is 8.42 Å². The number of aryl methyl sites for hydroxylation is 1. The van der Waals surface area contributed by atoms with E-state index < -0.39 is 10.0 Å². The Kier molecular flexibility index (Phi) is 7.90. The van der Waals surface area contributed by atoms with Crippen LogP contribution in [0.2, 0.25) is 0 Å². The second-order valence-electron chi connectivity index (χ2n) is 9.43. The summed E-state index contributed by atoms with van der Waals surface area (Å²) in [7, 11) is -3.76. The number of fused-ring (bicyclic) bond motifs is 1. The molecule has 2 aliphatic rings. The normalized spacial score (nSPS) is 17.2. The molecule has 0 unspecified atom stereocenters. The van der Waals surface area contributed by atoms with E-state index in [0.717, 1.165) is 43.1 Å². The highest BCUT2D eigenvalue weighted by atomic mass is 32.2. The molecule has 2 aromatic carbocycles. The molecule has 184 valence electrons. The third-order valence-electron chi connectivity index (χ3n) is 6.41. The number of carbonyl (C=O) groups excluding carboxylic acids is 1. The number of amides is 1. The van der Waals surface area contributed by atoms with E-state index in [0.29, 0.717) is 30.4 Å². The highest BCUT2D eigenvalue weighted by molar-refractivity contribution is 8.00.